The number of hydrogen-bond acceptors (Lipinski definition) is 1. The van der Waals surface area contributed by atoms with Gasteiger partial charge in [-0.3, -0.25) is 4.99 Å². The molecule has 0 bridgehead atoms. The molecule has 4 heteroatoms. The second-order valence-electron chi connectivity index (χ2n) is 5.93. The SMILES string of the molecule is CCc1ccc(C(C)(C)CN=C(N)NC(C)C)cc1.I. The van der Waals surface area contributed by atoms with Gasteiger partial charge in [0.25, 0.3) is 0 Å². The highest BCUT2D eigenvalue weighted by Crippen LogP contribution is 2.23. The first-order valence-corrected chi connectivity index (χ1v) is 7.01. The summed E-state index contributed by atoms with van der Waals surface area (Å²) in [7, 11) is 0. The lowest BCUT2D eigenvalue weighted by molar-refractivity contribution is 0.537. The van der Waals surface area contributed by atoms with Crippen molar-refractivity contribution in [1.82, 2.24) is 5.32 Å². The van der Waals surface area contributed by atoms with Crippen molar-refractivity contribution in [2.24, 2.45) is 10.7 Å². The highest BCUT2D eigenvalue weighted by atomic mass is 127. The lowest BCUT2D eigenvalue weighted by atomic mass is 9.84. The maximum Gasteiger partial charge on any atom is 0.188 e. The molecule has 0 aliphatic heterocycles. The van der Waals surface area contributed by atoms with Gasteiger partial charge in [0.05, 0.1) is 6.54 Å². The Kier molecular flexibility index (Phi) is 8.16. The van der Waals surface area contributed by atoms with E-state index in [1.165, 1.54) is 11.1 Å². The van der Waals surface area contributed by atoms with Gasteiger partial charge in [-0.25, -0.2) is 0 Å². The van der Waals surface area contributed by atoms with Gasteiger partial charge in [0.2, 0.25) is 0 Å². The number of hydrogen-bond donors (Lipinski definition) is 2. The van der Waals surface area contributed by atoms with Crippen molar-refractivity contribution in [3.63, 3.8) is 0 Å². The summed E-state index contributed by atoms with van der Waals surface area (Å²) >= 11 is 0. The zero-order chi connectivity index (χ0) is 14.5. The first-order chi connectivity index (χ1) is 8.85. The summed E-state index contributed by atoms with van der Waals surface area (Å²) in [5.74, 6) is 0.522. The van der Waals surface area contributed by atoms with Gasteiger partial charge in [0.15, 0.2) is 5.96 Å². The molecule has 0 heterocycles. The second-order valence-corrected chi connectivity index (χ2v) is 5.93. The second kappa shape index (κ2) is 8.49. The van der Waals surface area contributed by atoms with Crippen LogP contribution in [0, 0.1) is 0 Å². The van der Waals surface area contributed by atoms with Crippen LogP contribution in [0.4, 0.5) is 0 Å². The molecular formula is C16H28IN3. The fourth-order valence-electron chi connectivity index (χ4n) is 1.91. The molecule has 0 spiro atoms. The quantitative estimate of drug-likeness (QED) is 0.460. The average Bonchev–Trinajstić information content (AvgIpc) is 2.36. The number of aryl methyl sites for hydroxylation is 1. The smallest absolute Gasteiger partial charge is 0.188 e. The molecule has 0 aliphatic rings. The van der Waals surface area contributed by atoms with Crippen LogP contribution in [0.3, 0.4) is 0 Å². The van der Waals surface area contributed by atoms with Crippen molar-refractivity contribution >= 4 is 29.9 Å². The van der Waals surface area contributed by atoms with Gasteiger partial charge < -0.3 is 11.1 Å². The molecule has 0 saturated heterocycles. The Morgan fingerprint density at radius 1 is 1.25 bits per heavy atom. The van der Waals surface area contributed by atoms with Crippen molar-refractivity contribution in [3.05, 3.63) is 35.4 Å². The van der Waals surface area contributed by atoms with Crippen LogP contribution in [0.15, 0.2) is 29.3 Å². The predicted molar refractivity (Wildman–Crippen MR) is 99.0 cm³/mol. The van der Waals surface area contributed by atoms with E-state index in [9.17, 15) is 0 Å². The molecule has 1 aromatic carbocycles. The molecule has 0 unspecified atom stereocenters. The maximum atomic E-state index is 5.84. The lowest BCUT2D eigenvalue weighted by Gasteiger charge is -2.24. The normalized spacial score (nSPS) is 12.2. The number of guanidine groups is 1. The van der Waals surface area contributed by atoms with E-state index < -0.39 is 0 Å². The Balaban J connectivity index is 0.00000361. The summed E-state index contributed by atoms with van der Waals surface area (Å²) in [6.07, 6.45) is 1.07. The Morgan fingerprint density at radius 3 is 2.25 bits per heavy atom. The Hall–Kier alpha value is -0.780. The van der Waals surface area contributed by atoms with Crippen LogP contribution >= 0.6 is 24.0 Å². The molecular weight excluding hydrogens is 361 g/mol. The third-order valence-electron chi connectivity index (χ3n) is 3.22. The lowest BCUT2D eigenvalue weighted by Crippen LogP contribution is -2.38. The maximum absolute atomic E-state index is 5.84. The average molecular weight is 389 g/mol. The summed E-state index contributed by atoms with van der Waals surface area (Å²) in [6, 6.07) is 9.09. The minimum atomic E-state index is -0.00441. The molecule has 3 nitrogen and oxygen atoms in total. The zero-order valence-corrected chi connectivity index (χ0v) is 15.6. The van der Waals surface area contributed by atoms with Gasteiger partial charge in [-0.1, -0.05) is 45.0 Å². The standard InChI is InChI=1S/C16H27N3.HI/c1-6-13-7-9-14(10-8-13)16(4,5)11-18-15(17)19-12(2)3;/h7-10,12H,6,11H2,1-5H3,(H3,17,18,19);1H. The molecule has 0 radical (unpaired) electrons. The fraction of sp³-hybridized carbons (Fsp3) is 0.562. The van der Waals surface area contributed by atoms with E-state index in [1.54, 1.807) is 0 Å². The third kappa shape index (κ3) is 6.11. The summed E-state index contributed by atoms with van der Waals surface area (Å²) in [6.45, 7) is 11.3. The monoisotopic (exact) mass is 389 g/mol. The van der Waals surface area contributed by atoms with Crippen molar-refractivity contribution < 1.29 is 0 Å². The Morgan fingerprint density at radius 2 is 1.80 bits per heavy atom. The summed E-state index contributed by atoms with van der Waals surface area (Å²) in [5, 5.41) is 3.11. The van der Waals surface area contributed by atoms with Crippen LogP contribution in [0.5, 0.6) is 0 Å². The number of halogens is 1. The molecule has 0 saturated carbocycles. The van der Waals surface area contributed by atoms with Crippen LogP contribution in [0.25, 0.3) is 0 Å². The minimum absolute atomic E-state index is 0. The fourth-order valence-corrected chi connectivity index (χ4v) is 1.91. The molecule has 0 amide bonds. The van der Waals surface area contributed by atoms with Crippen molar-refractivity contribution in [2.75, 3.05) is 6.54 Å². The highest BCUT2D eigenvalue weighted by Gasteiger charge is 2.20. The van der Waals surface area contributed by atoms with Gasteiger partial charge in [0, 0.05) is 11.5 Å². The number of rotatable bonds is 5. The van der Waals surface area contributed by atoms with Crippen molar-refractivity contribution in [3.8, 4) is 0 Å². The van der Waals surface area contributed by atoms with Crippen LogP contribution in [-0.2, 0) is 11.8 Å². The summed E-state index contributed by atoms with van der Waals surface area (Å²) in [5.41, 5.74) is 8.50. The largest absolute Gasteiger partial charge is 0.370 e. The summed E-state index contributed by atoms with van der Waals surface area (Å²) < 4.78 is 0. The number of benzene rings is 1. The van der Waals surface area contributed by atoms with E-state index in [-0.39, 0.29) is 29.4 Å². The van der Waals surface area contributed by atoms with Gasteiger partial charge >= 0.3 is 0 Å². The third-order valence-corrected chi connectivity index (χ3v) is 3.22. The van der Waals surface area contributed by atoms with Gasteiger partial charge in [-0.2, -0.15) is 0 Å². The highest BCUT2D eigenvalue weighted by molar-refractivity contribution is 14.0. The van der Waals surface area contributed by atoms with Gasteiger partial charge in [0.1, 0.15) is 0 Å². The summed E-state index contributed by atoms with van der Waals surface area (Å²) in [4.78, 5) is 4.44. The molecule has 20 heavy (non-hydrogen) atoms. The number of nitrogens with one attached hydrogen (secondary N) is 1. The molecule has 1 rings (SSSR count). The first-order valence-electron chi connectivity index (χ1n) is 7.01. The van der Waals surface area contributed by atoms with E-state index in [2.05, 4.69) is 69.2 Å². The molecule has 0 fully saturated rings. The molecule has 0 atom stereocenters. The number of nitrogens with zero attached hydrogens (tertiary/aromatic N) is 1. The Bertz CT molecular complexity index is 422. The molecule has 3 N–H and O–H groups in total. The number of nitrogens with two attached hydrogens (primary N) is 1. The van der Waals surface area contributed by atoms with Crippen molar-refractivity contribution in [1.29, 1.82) is 0 Å². The first kappa shape index (κ1) is 19.2. The molecule has 0 aliphatic carbocycles. The van der Waals surface area contributed by atoms with Crippen LogP contribution < -0.4 is 11.1 Å². The predicted octanol–water partition coefficient (Wildman–Crippen LogP) is 3.46. The van der Waals surface area contributed by atoms with Crippen LogP contribution in [0.1, 0.15) is 45.7 Å². The molecule has 1 aromatic rings. The van der Waals surface area contributed by atoms with Crippen LogP contribution in [0.2, 0.25) is 0 Å². The van der Waals surface area contributed by atoms with Crippen molar-refractivity contribution in [2.45, 2.75) is 52.5 Å². The van der Waals surface area contributed by atoms with E-state index >= 15 is 0 Å². The topological polar surface area (TPSA) is 50.4 Å². The van der Waals surface area contributed by atoms with Gasteiger partial charge in [-0.05, 0) is 31.4 Å². The Labute approximate surface area is 140 Å². The zero-order valence-electron chi connectivity index (χ0n) is 13.2. The van der Waals surface area contributed by atoms with E-state index in [4.69, 9.17) is 5.73 Å². The number of aliphatic imine (C=N–C) groups is 1. The van der Waals surface area contributed by atoms with Crippen LogP contribution in [-0.4, -0.2) is 18.5 Å². The van der Waals surface area contributed by atoms with E-state index in [0.717, 1.165) is 6.42 Å². The minimum Gasteiger partial charge on any atom is -0.370 e. The van der Waals surface area contributed by atoms with E-state index in [1.807, 2.05) is 0 Å². The molecule has 0 aromatic heterocycles. The van der Waals surface area contributed by atoms with E-state index in [0.29, 0.717) is 18.5 Å². The molecule has 114 valence electrons. The van der Waals surface area contributed by atoms with Gasteiger partial charge in [-0.15, -0.1) is 24.0 Å².